The number of isocyanates is 1. The van der Waals surface area contributed by atoms with Crippen LogP contribution in [0.5, 0.6) is 0 Å². The molecule has 0 aromatic heterocycles. The minimum Gasteiger partial charge on any atom is -0.224 e. The summed E-state index contributed by atoms with van der Waals surface area (Å²) in [5, 5.41) is 0. The third-order valence-electron chi connectivity index (χ3n) is 2.06. The van der Waals surface area contributed by atoms with Crippen LogP contribution in [0.25, 0.3) is 0 Å². The van der Waals surface area contributed by atoms with Crippen LogP contribution in [0.4, 0.5) is 4.39 Å². The molecule has 0 bridgehead atoms. The molecular weight excluding hydrogens is 233 g/mol. The van der Waals surface area contributed by atoms with Crippen molar-refractivity contribution >= 4 is 15.9 Å². The Morgan fingerprint density at radius 3 is 2.56 bits per heavy atom. The molecule has 4 nitrogen and oxygen atoms in total. The van der Waals surface area contributed by atoms with Gasteiger partial charge < -0.3 is 0 Å². The van der Waals surface area contributed by atoms with Crippen LogP contribution in [0.2, 0.25) is 0 Å². The van der Waals surface area contributed by atoms with Crippen molar-refractivity contribution in [3.05, 3.63) is 29.1 Å². The summed E-state index contributed by atoms with van der Waals surface area (Å²) in [4.78, 5) is 13.2. The second-order valence-corrected chi connectivity index (χ2v) is 5.37. The molecule has 0 heterocycles. The Bertz CT molecular complexity index is 560. The third-order valence-corrected chi connectivity index (χ3v) is 3.30. The number of hydrogen-bond donors (Lipinski definition) is 0. The lowest BCUT2D eigenvalue weighted by Crippen LogP contribution is -2.03. The van der Waals surface area contributed by atoms with Gasteiger partial charge in [0.2, 0.25) is 6.08 Å². The van der Waals surface area contributed by atoms with E-state index in [2.05, 4.69) is 4.99 Å². The Labute approximate surface area is 92.7 Å². The van der Waals surface area contributed by atoms with Crippen LogP contribution in [0, 0.1) is 12.7 Å². The van der Waals surface area contributed by atoms with E-state index in [0.717, 1.165) is 12.3 Å². The Balaban J connectivity index is 3.38. The van der Waals surface area contributed by atoms with Crippen LogP contribution in [0.1, 0.15) is 11.1 Å². The average molecular weight is 243 g/mol. The van der Waals surface area contributed by atoms with Crippen molar-refractivity contribution in [2.45, 2.75) is 18.4 Å². The lowest BCUT2D eigenvalue weighted by atomic mass is 10.1. The maximum atomic E-state index is 13.4. The summed E-state index contributed by atoms with van der Waals surface area (Å²) in [5.74, 6) is -0.580. The molecule has 1 rings (SSSR count). The van der Waals surface area contributed by atoms with Crippen molar-refractivity contribution < 1.29 is 17.6 Å². The van der Waals surface area contributed by atoms with Gasteiger partial charge in [-0.25, -0.2) is 22.6 Å². The molecule has 86 valence electrons. The molecule has 16 heavy (non-hydrogen) atoms. The van der Waals surface area contributed by atoms with Crippen LogP contribution < -0.4 is 0 Å². The van der Waals surface area contributed by atoms with E-state index in [9.17, 15) is 17.6 Å². The molecular formula is C10H10FNO3S. The lowest BCUT2D eigenvalue weighted by Gasteiger charge is -2.06. The number of halogens is 1. The van der Waals surface area contributed by atoms with Gasteiger partial charge in [-0.1, -0.05) is 0 Å². The summed E-state index contributed by atoms with van der Waals surface area (Å²) in [7, 11) is -3.40. The predicted molar refractivity (Wildman–Crippen MR) is 56.1 cm³/mol. The molecule has 0 saturated heterocycles. The van der Waals surface area contributed by atoms with Crippen LogP contribution in [-0.4, -0.2) is 20.8 Å². The molecule has 0 saturated carbocycles. The molecule has 1 aromatic carbocycles. The standard InChI is InChI=1S/C10H10FNO3S/c1-7-3-9(11)8(5-12-6-13)4-10(7)16(2,14)15/h3-4H,5H2,1-2H3. The molecule has 6 heteroatoms. The summed E-state index contributed by atoms with van der Waals surface area (Å²) in [6.45, 7) is 1.30. The van der Waals surface area contributed by atoms with Gasteiger partial charge in [0, 0.05) is 11.8 Å². The number of sulfone groups is 1. The Hall–Kier alpha value is -1.52. The number of rotatable bonds is 3. The van der Waals surface area contributed by atoms with Gasteiger partial charge in [-0.15, -0.1) is 0 Å². The maximum Gasteiger partial charge on any atom is 0.235 e. The van der Waals surface area contributed by atoms with Crippen LogP contribution in [0.3, 0.4) is 0 Å². The van der Waals surface area contributed by atoms with Crippen LogP contribution in [0.15, 0.2) is 22.0 Å². The molecule has 0 N–H and O–H groups in total. The predicted octanol–water partition coefficient (Wildman–Crippen LogP) is 1.37. The zero-order valence-corrected chi connectivity index (χ0v) is 9.64. The van der Waals surface area contributed by atoms with Crippen molar-refractivity contribution in [2.24, 2.45) is 4.99 Å². The molecule has 0 radical (unpaired) electrons. The van der Waals surface area contributed by atoms with E-state index in [1.165, 1.54) is 19.1 Å². The normalized spacial score (nSPS) is 10.9. The first-order chi connectivity index (χ1) is 7.36. The number of nitrogens with zero attached hydrogens (tertiary/aromatic N) is 1. The fourth-order valence-corrected chi connectivity index (χ4v) is 2.33. The maximum absolute atomic E-state index is 13.4. The quantitative estimate of drug-likeness (QED) is 0.457. The highest BCUT2D eigenvalue weighted by atomic mass is 32.2. The summed E-state index contributed by atoms with van der Waals surface area (Å²) in [5.41, 5.74) is 0.396. The molecule has 1 aromatic rings. The van der Waals surface area contributed by atoms with E-state index in [-0.39, 0.29) is 17.0 Å². The molecule has 0 spiro atoms. The first-order valence-corrected chi connectivity index (χ1v) is 6.28. The van der Waals surface area contributed by atoms with Gasteiger partial charge in [0.1, 0.15) is 5.82 Å². The number of aryl methyl sites for hydroxylation is 1. The highest BCUT2D eigenvalue weighted by Crippen LogP contribution is 2.20. The van der Waals surface area contributed by atoms with E-state index in [4.69, 9.17) is 0 Å². The molecule has 0 aliphatic heterocycles. The van der Waals surface area contributed by atoms with E-state index in [1.54, 1.807) is 0 Å². The van der Waals surface area contributed by atoms with Crippen molar-refractivity contribution in [2.75, 3.05) is 6.26 Å². The number of hydrogen-bond acceptors (Lipinski definition) is 4. The molecule has 0 amide bonds. The summed E-state index contributed by atoms with van der Waals surface area (Å²) in [6, 6.07) is 2.31. The Kier molecular flexibility index (Phi) is 3.57. The lowest BCUT2D eigenvalue weighted by molar-refractivity contribution is 0.561. The number of benzene rings is 1. The average Bonchev–Trinajstić information content (AvgIpc) is 2.14. The summed E-state index contributed by atoms with van der Waals surface area (Å²) < 4.78 is 36.1. The summed E-state index contributed by atoms with van der Waals surface area (Å²) in [6.07, 6.45) is 2.32. The molecule has 0 fully saturated rings. The second kappa shape index (κ2) is 4.55. The van der Waals surface area contributed by atoms with Gasteiger partial charge in [0.25, 0.3) is 0 Å². The fourth-order valence-electron chi connectivity index (χ4n) is 1.33. The van der Waals surface area contributed by atoms with Gasteiger partial charge >= 0.3 is 0 Å². The topological polar surface area (TPSA) is 63.6 Å². The van der Waals surface area contributed by atoms with Gasteiger partial charge in [-0.2, -0.15) is 0 Å². The number of aliphatic imine (C=N–C) groups is 1. The van der Waals surface area contributed by atoms with Gasteiger partial charge in [0.05, 0.1) is 11.4 Å². The van der Waals surface area contributed by atoms with E-state index >= 15 is 0 Å². The van der Waals surface area contributed by atoms with E-state index < -0.39 is 15.7 Å². The zero-order valence-electron chi connectivity index (χ0n) is 8.82. The highest BCUT2D eigenvalue weighted by molar-refractivity contribution is 7.90. The van der Waals surface area contributed by atoms with Crippen molar-refractivity contribution in [1.29, 1.82) is 0 Å². The first-order valence-electron chi connectivity index (χ1n) is 4.39. The minimum absolute atomic E-state index is 0.0463. The van der Waals surface area contributed by atoms with Crippen molar-refractivity contribution in [1.82, 2.24) is 0 Å². The van der Waals surface area contributed by atoms with Crippen LogP contribution in [-0.2, 0) is 21.2 Å². The monoisotopic (exact) mass is 243 g/mol. The molecule has 0 aliphatic carbocycles. The molecule has 0 atom stereocenters. The largest absolute Gasteiger partial charge is 0.235 e. The Morgan fingerprint density at radius 1 is 1.44 bits per heavy atom. The van der Waals surface area contributed by atoms with Gasteiger partial charge in [0.15, 0.2) is 9.84 Å². The zero-order chi connectivity index (χ0) is 12.3. The Morgan fingerprint density at radius 2 is 2.06 bits per heavy atom. The SMILES string of the molecule is Cc1cc(F)c(CN=C=O)cc1S(C)(=O)=O. The van der Waals surface area contributed by atoms with Crippen molar-refractivity contribution in [3.63, 3.8) is 0 Å². The van der Waals surface area contributed by atoms with Gasteiger partial charge in [-0.05, 0) is 24.6 Å². The van der Waals surface area contributed by atoms with E-state index in [1.807, 2.05) is 0 Å². The van der Waals surface area contributed by atoms with Gasteiger partial charge in [-0.3, -0.25) is 0 Å². The second-order valence-electron chi connectivity index (χ2n) is 3.39. The fraction of sp³-hybridized carbons (Fsp3) is 0.300. The van der Waals surface area contributed by atoms with Crippen molar-refractivity contribution in [3.8, 4) is 0 Å². The van der Waals surface area contributed by atoms with Crippen LogP contribution >= 0.6 is 0 Å². The molecule has 0 unspecified atom stereocenters. The first kappa shape index (κ1) is 12.5. The minimum atomic E-state index is -3.40. The smallest absolute Gasteiger partial charge is 0.224 e. The van der Waals surface area contributed by atoms with E-state index in [0.29, 0.717) is 5.56 Å². The number of carbonyl (C=O) groups excluding carboxylic acids is 1. The summed E-state index contributed by atoms with van der Waals surface area (Å²) >= 11 is 0. The highest BCUT2D eigenvalue weighted by Gasteiger charge is 2.14. The molecule has 0 aliphatic rings. The third kappa shape index (κ3) is 2.74.